The minimum absolute atomic E-state index is 0.212. The third kappa shape index (κ3) is 4.08. The number of nitrogens with zero attached hydrogens (tertiary/aromatic N) is 1. The Labute approximate surface area is 154 Å². The Morgan fingerprint density at radius 1 is 0.926 bits per heavy atom. The van der Waals surface area contributed by atoms with Gasteiger partial charge in [0.05, 0.1) is 17.6 Å². The van der Waals surface area contributed by atoms with E-state index in [1.165, 1.54) is 12.3 Å². The van der Waals surface area contributed by atoms with E-state index in [9.17, 15) is 18.0 Å². The molecule has 0 aliphatic heterocycles. The highest BCUT2D eigenvalue weighted by molar-refractivity contribution is 6.04. The Bertz CT molecular complexity index is 1000. The van der Waals surface area contributed by atoms with E-state index in [4.69, 9.17) is 0 Å². The number of hydrogen-bond donors (Lipinski definition) is 2. The van der Waals surface area contributed by atoms with Gasteiger partial charge in [-0.15, -0.1) is 0 Å². The molecule has 0 saturated heterocycles. The molecule has 2 N–H and O–H groups in total. The van der Waals surface area contributed by atoms with Crippen molar-refractivity contribution in [3.8, 4) is 0 Å². The van der Waals surface area contributed by atoms with E-state index < -0.39 is 17.5 Å². The van der Waals surface area contributed by atoms with Crippen molar-refractivity contribution in [2.24, 2.45) is 0 Å². The first kappa shape index (κ1) is 18.4. The van der Waals surface area contributed by atoms with Crippen LogP contribution < -0.4 is 10.6 Å². The molecule has 138 valence electrons. The van der Waals surface area contributed by atoms with Crippen molar-refractivity contribution in [3.63, 3.8) is 0 Å². The van der Waals surface area contributed by atoms with Gasteiger partial charge >= 0.3 is 0 Å². The van der Waals surface area contributed by atoms with E-state index in [-0.39, 0.29) is 17.4 Å². The number of carbonyl (C=O) groups excluding carboxylic acids is 1. The Morgan fingerprint density at radius 2 is 1.70 bits per heavy atom. The first-order valence-corrected chi connectivity index (χ1v) is 8.10. The summed E-state index contributed by atoms with van der Waals surface area (Å²) in [6, 6.07) is 10.3. The maximum absolute atomic E-state index is 13.7. The van der Waals surface area contributed by atoms with Crippen LogP contribution in [0.1, 0.15) is 21.5 Å². The second-order valence-corrected chi connectivity index (χ2v) is 6.03. The number of benzene rings is 2. The maximum Gasteiger partial charge on any atom is 0.255 e. The Hall–Kier alpha value is -3.35. The molecule has 0 aliphatic rings. The van der Waals surface area contributed by atoms with Crippen LogP contribution in [0.5, 0.6) is 0 Å². The summed E-state index contributed by atoms with van der Waals surface area (Å²) in [5.41, 5.74) is 2.81. The molecule has 1 amide bonds. The Morgan fingerprint density at radius 3 is 2.37 bits per heavy atom. The van der Waals surface area contributed by atoms with E-state index >= 15 is 0 Å². The number of pyridine rings is 1. The van der Waals surface area contributed by atoms with Gasteiger partial charge in [-0.2, -0.15) is 0 Å². The number of hydrogen-bond acceptors (Lipinski definition) is 3. The van der Waals surface area contributed by atoms with Crippen molar-refractivity contribution in [2.75, 3.05) is 10.6 Å². The highest BCUT2D eigenvalue weighted by atomic mass is 19.2. The van der Waals surface area contributed by atoms with Gasteiger partial charge in [-0.25, -0.2) is 18.2 Å². The number of nitrogens with one attached hydrogen (secondary N) is 2. The monoisotopic (exact) mass is 371 g/mol. The number of carbonyl (C=O) groups is 1. The SMILES string of the molecule is Cc1ccc(C(=O)Nc2ccc(Nc3ccc(F)c(F)c3F)nc2)cc1C. The van der Waals surface area contributed by atoms with Crippen molar-refractivity contribution in [1.29, 1.82) is 0 Å². The predicted molar refractivity (Wildman–Crippen MR) is 97.7 cm³/mol. The highest BCUT2D eigenvalue weighted by Crippen LogP contribution is 2.23. The summed E-state index contributed by atoms with van der Waals surface area (Å²) in [6.07, 6.45) is 1.37. The summed E-state index contributed by atoms with van der Waals surface area (Å²) in [5.74, 6) is -4.23. The molecule has 27 heavy (non-hydrogen) atoms. The van der Waals surface area contributed by atoms with Crippen LogP contribution in [0.4, 0.5) is 30.4 Å². The summed E-state index contributed by atoms with van der Waals surface area (Å²) >= 11 is 0. The number of rotatable bonds is 4. The number of aryl methyl sites for hydroxylation is 2. The maximum atomic E-state index is 13.7. The van der Waals surface area contributed by atoms with Gasteiger partial charge in [0, 0.05) is 5.56 Å². The fraction of sp³-hybridized carbons (Fsp3) is 0.100. The van der Waals surface area contributed by atoms with Crippen LogP contribution in [0.2, 0.25) is 0 Å². The van der Waals surface area contributed by atoms with Gasteiger partial charge in [0.1, 0.15) is 5.82 Å². The lowest BCUT2D eigenvalue weighted by atomic mass is 10.1. The average molecular weight is 371 g/mol. The average Bonchev–Trinajstić information content (AvgIpc) is 2.66. The topological polar surface area (TPSA) is 54.0 Å². The second-order valence-electron chi connectivity index (χ2n) is 6.03. The first-order valence-electron chi connectivity index (χ1n) is 8.10. The van der Waals surface area contributed by atoms with E-state index in [1.807, 2.05) is 19.9 Å². The number of halogens is 3. The largest absolute Gasteiger partial charge is 0.338 e. The van der Waals surface area contributed by atoms with E-state index in [0.717, 1.165) is 23.3 Å². The molecule has 7 heteroatoms. The smallest absolute Gasteiger partial charge is 0.255 e. The summed E-state index contributed by atoms with van der Waals surface area (Å²) in [7, 11) is 0. The summed E-state index contributed by atoms with van der Waals surface area (Å²) in [6.45, 7) is 3.88. The molecular weight excluding hydrogens is 355 g/mol. The number of amides is 1. The third-order valence-electron chi connectivity index (χ3n) is 4.09. The van der Waals surface area contributed by atoms with Crippen LogP contribution in [0, 0.1) is 31.3 Å². The molecule has 0 aliphatic carbocycles. The summed E-state index contributed by atoms with van der Waals surface area (Å²) in [4.78, 5) is 16.3. The molecule has 0 spiro atoms. The molecule has 1 heterocycles. The predicted octanol–water partition coefficient (Wildman–Crippen LogP) is 5.11. The molecule has 3 rings (SSSR count). The lowest BCUT2D eigenvalue weighted by Gasteiger charge is -2.10. The van der Waals surface area contributed by atoms with E-state index in [0.29, 0.717) is 11.3 Å². The van der Waals surface area contributed by atoms with Crippen LogP contribution >= 0.6 is 0 Å². The summed E-state index contributed by atoms with van der Waals surface area (Å²) in [5, 5.41) is 5.27. The molecule has 1 aromatic heterocycles. The fourth-order valence-corrected chi connectivity index (χ4v) is 2.39. The van der Waals surface area contributed by atoms with E-state index in [1.54, 1.807) is 18.2 Å². The fourth-order valence-electron chi connectivity index (χ4n) is 2.39. The number of anilines is 3. The lowest BCUT2D eigenvalue weighted by Crippen LogP contribution is -2.12. The molecule has 0 bridgehead atoms. The van der Waals surface area contributed by atoms with Gasteiger partial charge in [0.25, 0.3) is 5.91 Å². The second kappa shape index (κ2) is 7.49. The molecule has 0 saturated carbocycles. The zero-order chi connectivity index (χ0) is 19.6. The quantitative estimate of drug-likeness (QED) is 0.627. The third-order valence-corrected chi connectivity index (χ3v) is 4.09. The van der Waals surface area contributed by atoms with Gasteiger partial charge in [-0.3, -0.25) is 4.79 Å². The van der Waals surface area contributed by atoms with Crippen molar-refractivity contribution in [1.82, 2.24) is 4.98 Å². The Balaban J connectivity index is 1.71. The van der Waals surface area contributed by atoms with E-state index in [2.05, 4.69) is 15.6 Å². The van der Waals surface area contributed by atoms with Gasteiger partial charge in [0.15, 0.2) is 17.5 Å². The standard InChI is InChI=1S/C20H16F3N3O/c1-11-3-4-13(9-12(11)2)20(27)25-14-5-8-17(24-10-14)26-16-7-6-15(21)18(22)19(16)23/h3-10H,1-2H3,(H,24,26)(H,25,27). The van der Waals surface area contributed by atoms with Gasteiger partial charge < -0.3 is 10.6 Å². The van der Waals surface area contributed by atoms with Crippen molar-refractivity contribution >= 4 is 23.1 Å². The minimum Gasteiger partial charge on any atom is -0.338 e. The highest BCUT2D eigenvalue weighted by Gasteiger charge is 2.14. The molecule has 0 fully saturated rings. The molecule has 2 aromatic carbocycles. The molecule has 0 unspecified atom stereocenters. The Kier molecular flexibility index (Phi) is 5.12. The van der Waals surface area contributed by atoms with Crippen LogP contribution in [0.3, 0.4) is 0 Å². The van der Waals surface area contributed by atoms with Crippen LogP contribution in [-0.4, -0.2) is 10.9 Å². The van der Waals surface area contributed by atoms with Crippen LogP contribution in [0.15, 0.2) is 48.7 Å². The lowest BCUT2D eigenvalue weighted by molar-refractivity contribution is 0.102. The van der Waals surface area contributed by atoms with Gasteiger partial charge in [-0.05, 0) is 61.4 Å². The number of aromatic nitrogens is 1. The normalized spacial score (nSPS) is 10.6. The zero-order valence-corrected chi connectivity index (χ0v) is 14.6. The molecule has 3 aromatic rings. The minimum atomic E-state index is -1.56. The molecule has 0 atom stereocenters. The molecule has 0 radical (unpaired) electrons. The molecular formula is C20H16F3N3O. The summed E-state index contributed by atoms with van der Waals surface area (Å²) < 4.78 is 39.9. The van der Waals surface area contributed by atoms with Gasteiger partial charge in [-0.1, -0.05) is 6.07 Å². The van der Waals surface area contributed by atoms with Gasteiger partial charge in [0.2, 0.25) is 0 Å². The van der Waals surface area contributed by atoms with Crippen LogP contribution in [0.25, 0.3) is 0 Å². The molecule has 4 nitrogen and oxygen atoms in total. The van der Waals surface area contributed by atoms with Crippen molar-refractivity contribution in [2.45, 2.75) is 13.8 Å². The van der Waals surface area contributed by atoms with Crippen LogP contribution in [-0.2, 0) is 0 Å². The zero-order valence-electron chi connectivity index (χ0n) is 14.6. The first-order chi connectivity index (χ1) is 12.8. The van der Waals surface area contributed by atoms with Crippen molar-refractivity contribution in [3.05, 3.63) is 82.8 Å². The van der Waals surface area contributed by atoms with Crippen molar-refractivity contribution < 1.29 is 18.0 Å².